The van der Waals surface area contributed by atoms with Crippen molar-refractivity contribution in [3.63, 3.8) is 0 Å². The summed E-state index contributed by atoms with van der Waals surface area (Å²) in [5.74, 6) is -5.05. The molecule has 0 aliphatic carbocycles. The number of nitrogens with one attached hydrogen (secondary N) is 8. The molecule has 20 heteroatoms. The van der Waals surface area contributed by atoms with Crippen molar-refractivity contribution in [1.82, 2.24) is 51.8 Å². The van der Waals surface area contributed by atoms with Gasteiger partial charge >= 0.3 is 6.09 Å². The Hall–Kier alpha value is -6.31. The van der Waals surface area contributed by atoms with E-state index in [1.807, 2.05) is 51.1 Å². The molecule has 2 aromatic heterocycles. The van der Waals surface area contributed by atoms with E-state index in [1.165, 1.54) is 25.0 Å². The summed E-state index contributed by atoms with van der Waals surface area (Å²) in [6, 6.07) is 2.94. The van der Waals surface area contributed by atoms with E-state index in [1.54, 1.807) is 41.5 Å². The highest BCUT2D eigenvalue weighted by Gasteiger charge is 2.36. The molecular formula is C46H72N12O8. The van der Waals surface area contributed by atoms with Crippen LogP contribution in [-0.2, 0) is 52.8 Å². The number of amides is 7. The van der Waals surface area contributed by atoms with Crippen molar-refractivity contribution >= 4 is 41.5 Å². The van der Waals surface area contributed by atoms with E-state index in [2.05, 4.69) is 51.8 Å². The number of H-pyrrole nitrogens is 2. The zero-order chi connectivity index (χ0) is 49.1. The Labute approximate surface area is 387 Å². The van der Waals surface area contributed by atoms with Gasteiger partial charge in [-0.25, -0.2) is 14.8 Å². The zero-order valence-electron chi connectivity index (χ0n) is 39.7. The number of hydrogen-bond donors (Lipinski definition) is 10. The highest BCUT2D eigenvalue weighted by atomic mass is 16.6. The molecule has 364 valence electrons. The van der Waals surface area contributed by atoms with Crippen LogP contribution in [0.2, 0.25) is 0 Å². The van der Waals surface area contributed by atoms with Crippen molar-refractivity contribution in [1.29, 1.82) is 0 Å². The third-order valence-electron chi connectivity index (χ3n) is 11.0. The van der Waals surface area contributed by atoms with Gasteiger partial charge in [-0.3, -0.25) is 28.8 Å². The van der Waals surface area contributed by atoms with Gasteiger partial charge in [0, 0.05) is 61.4 Å². The number of nitrogens with zero attached hydrogens (tertiary/aromatic N) is 2. The topological polar surface area (TPSA) is 310 Å². The van der Waals surface area contributed by atoms with Crippen molar-refractivity contribution in [3.05, 3.63) is 72.3 Å². The van der Waals surface area contributed by atoms with E-state index in [9.17, 15) is 33.6 Å². The fraction of sp³-hybridized carbons (Fsp3) is 0.587. The van der Waals surface area contributed by atoms with Crippen LogP contribution in [0.4, 0.5) is 4.79 Å². The third-order valence-corrected chi connectivity index (χ3v) is 11.0. The van der Waals surface area contributed by atoms with Crippen LogP contribution in [-0.4, -0.2) is 110 Å². The van der Waals surface area contributed by atoms with Gasteiger partial charge in [0.2, 0.25) is 35.4 Å². The summed E-state index contributed by atoms with van der Waals surface area (Å²) in [6.45, 7) is 16.2. The summed E-state index contributed by atoms with van der Waals surface area (Å²) in [5.41, 5.74) is 13.0. The fourth-order valence-electron chi connectivity index (χ4n) is 7.21. The van der Waals surface area contributed by atoms with Gasteiger partial charge in [-0.05, 0) is 57.1 Å². The first-order chi connectivity index (χ1) is 31.1. The molecular weight excluding hydrogens is 849 g/mol. The van der Waals surface area contributed by atoms with Crippen LogP contribution < -0.4 is 43.4 Å². The van der Waals surface area contributed by atoms with Gasteiger partial charge < -0.3 is 58.1 Å². The normalized spacial score (nSPS) is 15.2. The predicted octanol–water partition coefficient (Wildman–Crippen LogP) is 1.68. The molecule has 3 aromatic rings. The van der Waals surface area contributed by atoms with Gasteiger partial charge in [-0.2, -0.15) is 0 Å². The second-order valence-electron chi connectivity index (χ2n) is 18.6. The molecule has 3 rings (SSSR count). The molecule has 0 unspecified atom stereocenters. The largest absolute Gasteiger partial charge is 0.444 e. The molecule has 0 saturated heterocycles. The molecule has 0 bridgehead atoms. The van der Waals surface area contributed by atoms with Crippen LogP contribution >= 0.6 is 0 Å². The molecule has 8 atom stereocenters. The minimum Gasteiger partial charge on any atom is -0.444 e. The first-order valence-corrected chi connectivity index (χ1v) is 22.6. The van der Waals surface area contributed by atoms with E-state index in [4.69, 9.17) is 16.2 Å². The van der Waals surface area contributed by atoms with Crippen molar-refractivity contribution < 1.29 is 38.3 Å². The van der Waals surface area contributed by atoms with Crippen LogP contribution in [0, 0.1) is 23.7 Å². The maximum absolute atomic E-state index is 14.3. The highest BCUT2D eigenvalue weighted by Crippen LogP contribution is 2.19. The molecule has 20 nitrogen and oxygen atoms in total. The van der Waals surface area contributed by atoms with Crippen LogP contribution in [0.1, 0.15) is 98.5 Å². The molecule has 0 saturated carbocycles. The lowest BCUT2D eigenvalue weighted by molar-refractivity contribution is -0.135. The molecule has 12 N–H and O–H groups in total. The molecule has 0 spiro atoms. The molecule has 66 heavy (non-hydrogen) atoms. The Morgan fingerprint density at radius 1 is 0.697 bits per heavy atom. The summed E-state index contributed by atoms with van der Waals surface area (Å²) in [6.07, 6.45) is 6.05. The van der Waals surface area contributed by atoms with Crippen LogP contribution in [0.5, 0.6) is 0 Å². The average molecular weight is 921 g/mol. The van der Waals surface area contributed by atoms with Crippen molar-refractivity contribution in [2.45, 2.75) is 143 Å². The van der Waals surface area contributed by atoms with E-state index < -0.39 is 95.2 Å². The first kappa shape index (κ1) is 54.0. The summed E-state index contributed by atoms with van der Waals surface area (Å²) in [4.78, 5) is 109. The quantitative estimate of drug-likeness (QED) is 0.0553. The molecule has 7 amide bonds. The third kappa shape index (κ3) is 18.3. The highest BCUT2D eigenvalue weighted by molar-refractivity contribution is 5.95. The van der Waals surface area contributed by atoms with E-state index >= 15 is 0 Å². The minimum absolute atomic E-state index is 0.0124. The second kappa shape index (κ2) is 26.0. The Balaban J connectivity index is 1.81. The number of imidazole rings is 2. The van der Waals surface area contributed by atoms with Crippen LogP contribution in [0.25, 0.3) is 0 Å². The van der Waals surface area contributed by atoms with E-state index in [0.29, 0.717) is 24.2 Å². The van der Waals surface area contributed by atoms with Crippen molar-refractivity contribution in [2.75, 3.05) is 6.54 Å². The van der Waals surface area contributed by atoms with Gasteiger partial charge in [0.05, 0.1) is 12.7 Å². The van der Waals surface area contributed by atoms with Gasteiger partial charge in [0.25, 0.3) is 0 Å². The molecule has 1 aromatic carbocycles. The lowest BCUT2D eigenvalue weighted by Gasteiger charge is -2.32. The Morgan fingerprint density at radius 2 is 1.24 bits per heavy atom. The number of carbonyl (C=O) groups is 7. The molecule has 0 radical (unpaired) electrons. The van der Waals surface area contributed by atoms with Crippen LogP contribution in [0.3, 0.4) is 0 Å². The Kier molecular flexibility index (Phi) is 21.3. The molecule has 0 aliphatic heterocycles. The first-order valence-electron chi connectivity index (χ1n) is 22.6. The summed E-state index contributed by atoms with van der Waals surface area (Å²) in [7, 11) is 0. The lowest BCUT2D eigenvalue weighted by atomic mass is 9.88. The van der Waals surface area contributed by atoms with Crippen molar-refractivity contribution in [3.8, 4) is 0 Å². The van der Waals surface area contributed by atoms with Gasteiger partial charge in [-0.1, -0.05) is 78.3 Å². The number of primary amides is 1. The number of alkyl carbamates (subject to hydrolysis) is 1. The SMILES string of the molecule is CC[C@H](C)[C@H](NC(=O)[C@@H](NC(=O)C[C@H](CN)[C@H](CC(C)C)NC(=O)[C@H](Cc1cnc[nH]1)NC(=O)[C@H](Cc1ccccc1)NC(=O)OC(C)(C)C)C(C)C)C(=O)N[C@@H](Cc1cnc[nH]1)C(N)=O. The van der Waals surface area contributed by atoms with Gasteiger partial charge in [0.15, 0.2) is 0 Å². The zero-order valence-corrected chi connectivity index (χ0v) is 39.7. The maximum Gasteiger partial charge on any atom is 0.408 e. The summed E-state index contributed by atoms with van der Waals surface area (Å²) >= 11 is 0. The molecule has 0 aliphatic rings. The smallest absolute Gasteiger partial charge is 0.408 e. The average Bonchev–Trinajstić information content (AvgIpc) is 3.97. The predicted molar refractivity (Wildman–Crippen MR) is 248 cm³/mol. The van der Waals surface area contributed by atoms with Crippen molar-refractivity contribution in [2.24, 2.45) is 35.1 Å². The van der Waals surface area contributed by atoms with E-state index in [-0.39, 0.29) is 44.1 Å². The lowest BCUT2D eigenvalue weighted by Crippen LogP contribution is -2.59. The number of nitrogens with two attached hydrogens (primary N) is 2. The van der Waals surface area contributed by atoms with Gasteiger partial charge in [0.1, 0.15) is 35.8 Å². The minimum atomic E-state index is -1.16. The number of aromatic amines is 2. The number of rotatable bonds is 26. The molecule has 0 fully saturated rings. The second-order valence-corrected chi connectivity index (χ2v) is 18.6. The molecule has 2 heterocycles. The fourth-order valence-corrected chi connectivity index (χ4v) is 7.21. The Morgan fingerprint density at radius 3 is 1.74 bits per heavy atom. The van der Waals surface area contributed by atoms with Crippen LogP contribution in [0.15, 0.2) is 55.4 Å². The van der Waals surface area contributed by atoms with E-state index in [0.717, 1.165) is 5.56 Å². The maximum atomic E-state index is 14.3. The number of hydrogen-bond acceptors (Lipinski definition) is 11. The van der Waals surface area contributed by atoms with Gasteiger partial charge in [-0.15, -0.1) is 0 Å². The Bertz CT molecular complexity index is 2000. The monoisotopic (exact) mass is 921 g/mol. The number of ether oxygens (including phenoxy) is 1. The summed E-state index contributed by atoms with van der Waals surface area (Å²) < 4.78 is 5.46. The number of aromatic nitrogens is 4. The number of carbonyl (C=O) groups excluding carboxylic acids is 7. The number of benzene rings is 1. The summed E-state index contributed by atoms with van der Waals surface area (Å²) in [5, 5.41) is 16.8. The standard InChI is InChI=1S/C46H72N12O8/c1-10-28(6)39(44(64)54-34(40(48)60)19-31-22-49-24-51-31)58-43(63)38(27(4)5)57-37(59)18-30(21-47)33(16-26(2)3)53-42(62)36(20-32-23-50-25-52-32)55-41(61)35(17-29-14-12-11-13-15-29)56-45(65)66-46(7,8)9/h11-15,22-28,30,33-36,38-39H,10,16-21,47H2,1-9H3,(H2,48,60)(H,49,51)(H,50,52)(H,53,62)(H,54,64)(H,55,61)(H,56,65)(H,57,59)(H,58,63)/t28-,30+,33-,34-,35-,36-,38-,39-/m0/s1.